The first-order valence-electron chi connectivity index (χ1n) is 6.19. The molecule has 0 unspecified atom stereocenters. The Morgan fingerprint density at radius 1 is 1.28 bits per heavy atom. The van der Waals surface area contributed by atoms with Crippen LogP contribution in [0.4, 0.5) is 0 Å². The minimum atomic E-state index is 0.0355. The highest BCUT2D eigenvalue weighted by Gasteiger charge is 2.22. The third-order valence-corrected chi connectivity index (χ3v) is 3.36. The zero-order valence-corrected chi connectivity index (χ0v) is 10.4. The van der Waals surface area contributed by atoms with Crippen molar-refractivity contribution in [3.8, 4) is 0 Å². The molecule has 0 saturated carbocycles. The van der Waals surface area contributed by atoms with Crippen molar-refractivity contribution in [1.29, 1.82) is 0 Å². The number of piperazine rings is 1. The number of hydrogen-bond acceptors (Lipinski definition) is 3. The highest BCUT2D eigenvalue weighted by Crippen LogP contribution is 2.19. The number of hydrogen-bond donors (Lipinski definition) is 1. The van der Waals surface area contributed by atoms with E-state index in [0.717, 1.165) is 37.1 Å². The summed E-state index contributed by atoms with van der Waals surface area (Å²) >= 11 is 0. The van der Waals surface area contributed by atoms with Crippen LogP contribution in [0.25, 0.3) is 10.9 Å². The number of carbonyl (C=O) groups is 1. The van der Waals surface area contributed by atoms with Crippen molar-refractivity contribution in [2.75, 3.05) is 26.2 Å². The number of para-hydroxylation sites is 1. The molecule has 18 heavy (non-hydrogen) atoms. The minimum absolute atomic E-state index is 0.0355. The summed E-state index contributed by atoms with van der Waals surface area (Å²) in [6.45, 7) is 3.22. The van der Waals surface area contributed by atoms with Gasteiger partial charge in [0.15, 0.2) is 5.69 Å². The third-order valence-electron chi connectivity index (χ3n) is 3.36. The molecule has 1 amide bonds. The van der Waals surface area contributed by atoms with Crippen molar-refractivity contribution >= 4 is 16.8 Å². The normalized spacial score (nSPS) is 16.2. The summed E-state index contributed by atoms with van der Waals surface area (Å²) < 4.78 is 1.77. The van der Waals surface area contributed by atoms with Crippen LogP contribution >= 0.6 is 0 Å². The maximum Gasteiger partial charge on any atom is 0.275 e. The van der Waals surface area contributed by atoms with Gasteiger partial charge in [0.2, 0.25) is 0 Å². The summed E-state index contributed by atoms with van der Waals surface area (Å²) in [7, 11) is 1.87. The first-order valence-corrected chi connectivity index (χ1v) is 6.19. The molecule has 1 aromatic heterocycles. The Morgan fingerprint density at radius 2 is 2.00 bits per heavy atom. The zero-order valence-electron chi connectivity index (χ0n) is 10.4. The van der Waals surface area contributed by atoms with Gasteiger partial charge in [-0.25, -0.2) is 0 Å². The van der Waals surface area contributed by atoms with Gasteiger partial charge >= 0.3 is 0 Å². The molecule has 0 radical (unpaired) electrons. The van der Waals surface area contributed by atoms with Crippen molar-refractivity contribution in [2.24, 2.45) is 7.05 Å². The minimum Gasteiger partial charge on any atom is -0.335 e. The summed E-state index contributed by atoms with van der Waals surface area (Å²) in [5.41, 5.74) is 1.56. The van der Waals surface area contributed by atoms with E-state index in [1.807, 2.05) is 36.2 Å². The number of fused-ring (bicyclic) bond motifs is 1. The van der Waals surface area contributed by atoms with E-state index in [-0.39, 0.29) is 5.91 Å². The van der Waals surface area contributed by atoms with Crippen molar-refractivity contribution in [2.45, 2.75) is 0 Å². The SMILES string of the molecule is Cn1nc(C(=O)N2CCNCC2)c2ccccc21. The fraction of sp³-hybridized carbons (Fsp3) is 0.385. The number of carbonyl (C=O) groups excluding carboxylic acids is 1. The van der Waals surface area contributed by atoms with Gasteiger partial charge in [0.1, 0.15) is 0 Å². The maximum atomic E-state index is 12.4. The van der Waals surface area contributed by atoms with Crippen LogP contribution < -0.4 is 5.32 Å². The fourth-order valence-corrected chi connectivity index (χ4v) is 2.39. The molecule has 1 aliphatic rings. The van der Waals surface area contributed by atoms with Gasteiger partial charge < -0.3 is 10.2 Å². The molecule has 0 aliphatic carbocycles. The van der Waals surface area contributed by atoms with Crippen LogP contribution in [0.2, 0.25) is 0 Å². The first kappa shape index (κ1) is 11.2. The van der Waals surface area contributed by atoms with Gasteiger partial charge in [-0.05, 0) is 6.07 Å². The number of aromatic nitrogens is 2. The predicted octanol–water partition coefficient (Wildman–Crippen LogP) is 0.619. The number of rotatable bonds is 1. The van der Waals surface area contributed by atoms with Crippen molar-refractivity contribution in [3.63, 3.8) is 0 Å². The summed E-state index contributed by atoms with van der Waals surface area (Å²) in [4.78, 5) is 14.3. The molecule has 1 fully saturated rings. The summed E-state index contributed by atoms with van der Waals surface area (Å²) in [6, 6.07) is 7.84. The van der Waals surface area contributed by atoms with Gasteiger partial charge in [0.05, 0.1) is 5.52 Å². The van der Waals surface area contributed by atoms with E-state index in [9.17, 15) is 4.79 Å². The third kappa shape index (κ3) is 1.76. The standard InChI is InChI=1S/C13H16N4O/c1-16-11-5-3-2-4-10(11)12(15-16)13(18)17-8-6-14-7-9-17/h2-5,14H,6-9H2,1H3. The molecule has 1 aliphatic heterocycles. The predicted molar refractivity (Wildman–Crippen MR) is 69.5 cm³/mol. The molecule has 1 saturated heterocycles. The van der Waals surface area contributed by atoms with Crippen LogP contribution in [0.1, 0.15) is 10.5 Å². The van der Waals surface area contributed by atoms with Gasteiger partial charge in [-0.3, -0.25) is 9.48 Å². The highest BCUT2D eigenvalue weighted by atomic mass is 16.2. The number of aryl methyl sites for hydroxylation is 1. The molecular formula is C13H16N4O. The molecular weight excluding hydrogens is 228 g/mol. The van der Waals surface area contributed by atoms with Crippen LogP contribution in [-0.2, 0) is 7.05 Å². The van der Waals surface area contributed by atoms with Crippen LogP contribution in [0.15, 0.2) is 24.3 Å². The van der Waals surface area contributed by atoms with E-state index in [4.69, 9.17) is 0 Å². The largest absolute Gasteiger partial charge is 0.335 e. The Kier molecular flexibility index (Phi) is 2.76. The van der Waals surface area contributed by atoms with Crippen molar-refractivity contribution < 1.29 is 4.79 Å². The van der Waals surface area contributed by atoms with Crippen LogP contribution in [0.3, 0.4) is 0 Å². The van der Waals surface area contributed by atoms with Crippen molar-refractivity contribution in [3.05, 3.63) is 30.0 Å². The monoisotopic (exact) mass is 244 g/mol. The van der Waals surface area contributed by atoms with Crippen LogP contribution in [0.5, 0.6) is 0 Å². The highest BCUT2D eigenvalue weighted by molar-refractivity contribution is 6.04. The lowest BCUT2D eigenvalue weighted by Crippen LogP contribution is -2.46. The van der Waals surface area contributed by atoms with E-state index >= 15 is 0 Å². The second kappa shape index (κ2) is 4.42. The first-order chi connectivity index (χ1) is 8.77. The van der Waals surface area contributed by atoms with E-state index in [1.54, 1.807) is 4.68 Å². The molecule has 1 aromatic carbocycles. The average Bonchev–Trinajstić information content (AvgIpc) is 2.77. The maximum absolute atomic E-state index is 12.4. The Morgan fingerprint density at radius 3 is 2.78 bits per heavy atom. The van der Waals surface area contributed by atoms with E-state index < -0.39 is 0 Å². The number of amides is 1. The molecule has 0 atom stereocenters. The Labute approximate surface area is 105 Å². The molecule has 2 aromatic rings. The molecule has 3 rings (SSSR count). The smallest absolute Gasteiger partial charge is 0.275 e. The molecule has 94 valence electrons. The van der Waals surface area contributed by atoms with Gasteiger partial charge in [0, 0.05) is 38.6 Å². The number of nitrogens with zero attached hydrogens (tertiary/aromatic N) is 3. The lowest BCUT2D eigenvalue weighted by molar-refractivity contribution is 0.0731. The van der Waals surface area contributed by atoms with Crippen molar-refractivity contribution in [1.82, 2.24) is 20.0 Å². The van der Waals surface area contributed by atoms with Gasteiger partial charge in [-0.15, -0.1) is 0 Å². The van der Waals surface area contributed by atoms with Crippen LogP contribution in [0, 0.1) is 0 Å². The lowest BCUT2D eigenvalue weighted by atomic mass is 10.2. The molecule has 5 nitrogen and oxygen atoms in total. The summed E-state index contributed by atoms with van der Waals surface area (Å²) in [5, 5.41) is 8.55. The fourth-order valence-electron chi connectivity index (χ4n) is 2.39. The van der Waals surface area contributed by atoms with Gasteiger partial charge in [0.25, 0.3) is 5.91 Å². The molecule has 0 spiro atoms. The molecule has 5 heteroatoms. The Balaban J connectivity index is 2.00. The van der Waals surface area contributed by atoms with Gasteiger partial charge in [-0.1, -0.05) is 18.2 Å². The Bertz CT molecular complexity index is 584. The average molecular weight is 244 g/mol. The topological polar surface area (TPSA) is 50.2 Å². The molecule has 1 N–H and O–H groups in total. The summed E-state index contributed by atoms with van der Waals surface area (Å²) in [6.07, 6.45) is 0. The zero-order chi connectivity index (χ0) is 12.5. The van der Waals surface area contributed by atoms with E-state index in [0.29, 0.717) is 5.69 Å². The number of benzene rings is 1. The molecule has 0 bridgehead atoms. The second-order valence-corrected chi connectivity index (χ2v) is 4.53. The number of nitrogens with one attached hydrogen (secondary N) is 1. The van der Waals surface area contributed by atoms with Crippen LogP contribution in [-0.4, -0.2) is 46.8 Å². The van der Waals surface area contributed by atoms with E-state index in [1.165, 1.54) is 0 Å². The Hall–Kier alpha value is -1.88. The molecule has 2 heterocycles. The lowest BCUT2D eigenvalue weighted by Gasteiger charge is -2.26. The summed E-state index contributed by atoms with van der Waals surface area (Å²) in [5.74, 6) is 0.0355. The van der Waals surface area contributed by atoms with Gasteiger partial charge in [-0.2, -0.15) is 5.10 Å². The van der Waals surface area contributed by atoms with E-state index in [2.05, 4.69) is 10.4 Å². The quantitative estimate of drug-likeness (QED) is 0.800. The second-order valence-electron chi connectivity index (χ2n) is 4.53.